The van der Waals surface area contributed by atoms with E-state index in [1.54, 1.807) is 0 Å². The summed E-state index contributed by atoms with van der Waals surface area (Å²) in [5.74, 6) is -0.0601. The van der Waals surface area contributed by atoms with E-state index in [-0.39, 0.29) is 12.5 Å². The van der Waals surface area contributed by atoms with Crippen LogP contribution < -0.4 is 5.32 Å². The normalized spacial score (nSPS) is 13.9. The van der Waals surface area contributed by atoms with Gasteiger partial charge in [-0.25, -0.2) is 0 Å². The predicted octanol–water partition coefficient (Wildman–Crippen LogP) is 20.0. The third kappa shape index (κ3) is 57.0. The van der Waals surface area contributed by atoms with Gasteiger partial charge in [0.05, 0.1) is 18.8 Å². The van der Waals surface area contributed by atoms with Crippen LogP contribution in [0.5, 0.6) is 0 Å². The van der Waals surface area contributed by atoms with Crippen molar-refractivity contribution in [3.8, 4) is 0 Å². The third-order valence-corrected chi connectivity index (χ3v) is 12.6. The Kier molecular flexibility index (Phi) is 57.4. The lowest BCUT2D eigenvalue weighted by molar-refractivity contribution is -0.123. The largest absolute Gasteiger partial charge is 0.394 e. The van der Waals surface area contributed by atoms with E-state index in [9.17, 15) is 15.0 Å². The number of rotatable bonds is 52. The number of carbonyl (C=O) groups excluding carboxylic acids is 1. The van der Waals surface area contributed by atoms with E-state index in [4.69, 9.17) is 0 Å². The third-order valence-electron chi connectivity index (χ3n) is 12.6. The standard InChI is InChI=1S/C67H111NO3/c1-3-5-7-9-11-13-15-17-19-21-23-24-25-26-27-28-29-30-31-32-33-34-35-36-37-38-39-40-41-42-43-44-45-47-49-51-53-55-57-59-61-63-67(71)68-65(64-69)66(70)62-60-58-56-54-52-50-48-46-22-20-18-16-14-12-10-8-6-4-2/h5,7,11,13,17,19,23-24,26-27,29-30,32-33,35-36,38-39,41-42,44-45,49,51,65-66,69-70H,3-4,6,8-10,12,14-16,18,20-22,25,28,31,34,37,40,43,46-48,50,52-64H2,1-2H3,(H,68,71)/b7-5-,13-11-,19-17-,24-23-,27-26-,30-29-,33-32-,36-35-,39-38-,42-41-,45-44-,51-49-. The quantitative estimate of drug-likeness (QED) is 0.0420. The Hall–Kier alpha value is -3.73. The van der Waals surface area contributed by atoms with E-state index >= 15 is 0 Å². The van der Waals surface area contributed by atoms with Gasteiger partial charge in [0.1, 0.15) is 0 Å². The fourth-order valence-corrected chi connectivity index (χ4v) is 8.17. The van der Waals surface area contributed by atoms with Gasteiger partial charge in [0, 0.05) is 6.42 Å². The predicted molar refractivity (Wildman–Crippen MR) is 317 cm³/mol. The highest BCUT2D eigenvalue weighted by atomic mass is 16.3. The molecule has 0 fully saturated rings. The number of allylic oxidation sites excluding steroid dienone is 24. The molecular weight excluding hydrogens is 867 g/mol. The van der Waals surface area contributed by atoms with Crippen molar-refractivity contribution in [3.05, 3.63) is 146 Å². The highest BCUT2D eigenvalue weighted by Crippen LogP contribution is 2.16. The summed E-state index contributed by atoms with van der Waals surface area (Å²) < 4.78 is 0. The molecular formula is C67H111NO3. The summed E-state index contributed by atoms with van der Waals surface area (Å²) in [5.41, 5.74) is 0. The molecule has 0 heterocycles. The monoisotopic (exact) mass is 978 g/mol. The molecule has 402 valence electrons. The molecule has 0 aliphatic carbocycles. The Morgan fingerprint density at radius 1 is 0.352 bits per heavy atom. The smallest absolute Gasteiger partial charge is 0.220 e. The molecule has 4 nitrogen and oxygen atoms in total. The summed E-state index contributed by atoms with van der Waals surface area (Å²) in [4.78, 5) is 12.5. The molecule has 0 aromatic rings. The molecule has 0 aliphatic rings. The van der Waals surface area contributed by atoms with Crippen LogP contribution in [-0.2, 0) is 4.79 Å². The van der Waals surface area contributed by atoms with Gasteiger partial charge in [-0.2, -0.15) is 0 Å². The molecule has 0 saturated carbocycles. The summed E-state index contributed by atoms with van der Waals surface area (Å²) in [6.45, 7) is 4.24. The Balaban J connectivity index is 3.67. The molecule has 1 amide bonds. The number of hydrogen-bond acceptors (Lipinski definition) is 3. The van der Waals surface area contributed by atoms with Crippen molar-refractivity contribution < 1.29 is 15.0 Å². The molecule has 0 aromatic carbocycles. The average molecular weight is 979 g/mol. The highest BCUT2D eigenvalue weighted by molar-refractivity contribution is 5.76. The molecule has 0 bridgehead atoms. The minimum absolute atomic E-state index is 0.0601. The summed E-state index contributed by atoms with van der Waals surface area (Å²) in [5, 5.41) is 23.3. The lowest BCUT2D eigenvalue weighted by Crippen LogP contribution is -2.45. The van der Waals surface area contributed by atoms with Crippen LogP contribution in [-0.4, -0.2) is 34.9 Å². The molecule has 2 atom stereocenters. The lowest BCUT2D eigenvalue weighted by atomic mass is 10.0. The summed E-state index contributed by atoms with van der Waals surface area (Å²) in [6, 6.07) is -0.561. The van der Waals surface area contributed by atoms with Gasteiger partial charge >= 0.3 is 0 Å². The van der Waals surface area contributed by atoms with E-state index in [0.29, 0.717) is 12.8 Å². The van der Waals surface area contributed by atoms with Gasteiger partial charge in [-0.1, -0.05) is 288 Å². The molecule has 0 aromatic heterocycles. The Morgan fingerprint density at radius 2 is 0.620 bits per heavy atom. The van der Waals surface area contributed by atoms with Crippen molar-refractivity contribution in [2.24, 2.45) is 0 Å². The zero-order valence-electron chi connectivity index (χ0n) is 46.2. The molecule has 0 aliphatic heterocycles. The average Bonchev–Trinajstić information content (AvgIpc) is 3.37. The highest BCUT2D eigenvalue weighted by Gasteiger charge is 2.20. The number of amides is 1. The van der Waals surface area contributed by atoms with E-state index < -0.39 is 12.1 Å². The second kappa shape index (κ2) is 60.6. The SMILES string of the molecule is CC/C=C\C/C=C\C/C=C\C/C=C\C/C=C\C/C=C\C/C=C\C/C=C\C/C=C\C/C=C\C/C=C\C/C=C\CCCCCCC(=O)NC(CO)C(O)CCCCCCCCCCCCCCCCCCCC. The van der Waals surface area contributed by atoms with Crippen molar-refractivity contribution in [1.29, 1.82) is 0 Å². The molecule has 2 unspecified atom stereocenters. The lowest BCUT2D eigenvalue weighted by Gasteiger charge is -2.22. The topological polar surface area (TPSA) is 69.6 Å². The summed E-state index contributed by atoms with van der Waals surface area (Å²) in [7, 11) is 0. The summed E-state index contributed by atoms with van der Waals surface area (Å²) >= 11 is 0. The Morgan fingerprint density at radius 3 is 0.930 bits per heavy atom. The van der Waals surface area contributed by atoms with E-state index in [2.05, 4.69) is 165 Å². The van der Waals surface area contributed by atoms with Gasteiger partial charge in [-0.15, -0.1) is 0 Å². The second-order valence-electron chi connectivity index (χ2n) is 19.3. The van der Waals surface area contributed by atoms with Crippen LogP contribution >= 0.6 is 0 Å². The first kappa shape index (κ1) is 67.3. The van der Waals surface area contributed by atoms with E-state index in [0.717, 1.165) is 122 Å². The Labute approximate surface area is 440 Å². The van der Waals surface area contributed by atoms with E-state index in [1.165, 1.54) is 103 Å². The molecule has 0 saturated heterocycles. The molecule has 0 radical (unpaired) electrons. The molecule has 3 N–H and O–H groups in total. The van der Waals surface area contributed by atoms with Crippen molar-refractivity contribution in [3.63, 3.8) is 0 Å². The molecule has 0 spiro atoms. The maximum Gasteiger partial charge on any atom is 0.220 e. The van der Waals surface area contributed by atoms with Gasteiger partial charge in [0.15, 0.2) is 0 Å². The van der Waals surface area contributed by atoms with Gasteiger partial charge < -0.3 is 15.5 Å². The number of aliphatic hydroxyl groups is 2. The van der Waals surface area contributed by atoms with Crippen LogP contribution in [0.1, 0.15) is 251 Å². The number of aliphatic hydroxyl groups excluding tert-OH is 2. The van der Waals surface area contributed by atoms with Crippen LogP contribution in [0.15, 0.2) is 146 Å². The number of hydrogen-bond donors (Lipinski definition) is 3. The van der Waals surface area contributed by atoms with Gasteiger partial charge in [-0.3, -0.25) is 4.79 Å². The fourth-order valence-electron chi connectivity index (χ4n) is 8.17. The second-order valence-corrected chi connectivity index (χ2v) is 19.3. The van der Waals surface area contributed by atoms with E-state index in [1.807, 2.05) is 0 Å². The van der Waals surface area contributed by atoms with Crippen LogP contribution in [0, 0.1) is 0 Å². The van der Waals surface area contributed by atoms with Gasteiger partial charge in [-0.05, 0) is 103 Å². The maximum absolute atomic E-state index is 12.5. The number of carbonyl (C=O) groups is 1. The van der Waals surface area contributed by atoms with Crippen LogP contribution in [0.25, 0.3) is 0 Å². The van der Waals surface area contributed by atoms with Crippen LogP contribution in [0.4, 0.5) is 0 Å². The Bertz CT molecular complexity index is 1480. The first-order valence-electron chi connectivity index (χ1n) is 29.5. The minimum atomic E-state index is -0.681. The van der Waals surface area contributed by atoms with Crippen LogP contribution in [0.2, 0.25) is 0 Å². The first-order chi connectivity index (χ1) is 35.2. The fraction of sp³-hybridized carbons (Fsp3) is 0.627. The van der Waals surface area contributed by atoms with Gasteiger partial charge in [0.25, 0.3) is 0 Å². The summed E-state index contributed by atoms with van der Waals surface area (Å²) in [6.07, 6.45) is 95.4. The van der Waals surface area contributed by atoms with Crippen LogP contribution in [0.3, 0.4) is 0 Å². The molecule has 71 heavy (non-hydrogen) atoms. The van der Waals surface area contributed by atoms with Crippen molar-refractivity contribution in [1.82, 2.24) is 5.32 Å². The van der Waals surface area contributed by atoms with Crippen molar-refractivity contribution in [2.45, 2.75) is 264 Å². The zero-order chi connectivity index (χ0) is 51.3. The van der Waals surface area contributed by atoms with Gasteiger partial charge in [0.2, 0.25) is 5.91 Å². The van der Waals surface area contributed by atoms with Crippen molar-refractivity contribution in [2.75, 3.05) is 6.61 Å². The maximum atomic E-state index is 12.5. The minimum Gasteiger partial charge on any atom is -0.394 e. The molecule has 0 rings (SSSR count). The van der Waals surface area contributed by atoms with Crippen molar-refractivity contribution >= 4 is 5.91 Å². The molecule has 4 heteroatoms. The number of unbranched alkanes of at least 4 members (excludes halogenated alkanes) is 21. The number of nitrogens with one attached hydrogen (secondary N) is 1. The first-order valence-corrected chi connectivity index (χ1v) is 29.5. The zero-order valence-corrected chi connectivity index (χ0v) is 46.2.